The van der Waals surface area contributed by atoms with Crippen molar-refractivity contribution in [3.8, 4) is 0 Å². The van der Waals surface area contributed by atoms with Gasteiger partial charge >= 0.3 is 0 Å². The van der Waals surface area contributed by atoms with Crippen LogP contribution in [0.15, 0.2) is 24.3 Å². The standard InChI is InChI=1S/C11H16ClNO/c1-14-8-4-7-13-11-6-3-2-5-10(11)9-12/h2-3,5-6,13H,4,7-9H2,1H3. The van der Waals surface area contributed by atoms with Crippen molar-refractivity contribution in [2.24, 2.45) is 0 Å². The Labute approximate surface area is 90.2 Å². The summed E-state index contributed by atoms with van der Waals surface area (Å²) < 4.78 is 4.97. The summed E-state index contributed by atoms with van der Waals surface area (Å²) in [4.78, 5) is 0. The van der Waals surface area contributed by atoms with Crippen LogP contribution < -0.4 is 5.32 Å². The number of hydrogen-bond acceptors (Lipinski definition) is 2. The molecule has 78 valence electrons. The number of methoxy groups -OCH3 is 1. The first-order chi connectivity index (χ1) is 6.88. The fourth-order valence-corrected chi connectivity index (χ4v) is 1.48. The molecule has 0 radical (unpaired) electrons. The molecule has 3 heteroatoms. The van der Waals surface area contributed by atoms with E-state index in [1.165, 1.54) is 0 Å². The largest absolute Gasteiger partial charge is 0.385 e. The van der Waals surface area contributed by atoms with Crippen LogP contribution in [0.2, 0.25) is 0 Å². The SMILES string of the molecule is COCCCNc1ccccc1CCl. The lowest BCUT2D eigenvalue weighted by atomic mass is 10.2. The summed E-state index contributed by atoms with van der Waals surface area (Å²) in [6.07, 6.45) is 1.01. The van der Waals surface area contributed by atoms with Crippen molar-refractivity contribution in [3.05, 3.63) is 29.8 Å². The Morgan fingerprint density at radius 3 is 2.86 bits per heavy atom. The van der Waals surface area contributed by atoms with Gasteiger partial charge in [0, 0.05) is 31.8 Å². The van der Waals surface area contributed by atoms with E-state index in [9.17, 15) is 0 Å². The van der Waals surface area contributed by atoms with Crippen molar-refractivity contribution in [2.45, 2.75) is 12.3 Å². The van der Waals surface area contributed by atoms with E-state index in [4.69, 9.17) is 16.3 Å². The number of nitrogens with one attached hydrogen (secondary N) is 1. The molecule has 0 unspecified atom stereocenters. The van der Waals surface area contributed by atoms with E-state index in [1.54, 1.807) is 7.11 Å². The molecular weight excluding hydrogens is 198 g/mol. The van der Waals surface area contributed by atoms with Gasteiger partial charge in [-0.3, -0.25) is 0 Å². The highest BCUT2D eigenvalue weighted by atomic mass is 35.5. The first-order valence-electron chi connectivity index (χ1n) is 4.75. The van der Waals surface area contributed by atoms with Gasteiger partial charge in [0.25, 0.3) is 0 Å². The van der Waals surface area contributed by atoms with Crippen molar-refractivity contribution >= 4 is 17.3 Å². The van der Waals surface area contributed by atoms with Crippen molar-refractivity contribution < 1.29 is 4.74 Å². The van der Waals surface area contributed by atoms with E-state index >= 15 is 0 Å². The molecule has 0 aromatic heterocycles. The van der Waals surface area contributed by atoms with Crippen LogP contribution in [0.1, 0.15) is 12.0 Å². The van der Waals surface area contributed by atoms with Crippen molar-refractivity contribution in [1.82, 2.24) is 0 Å². The smallest absolute Gasteiger partial charge is 0.0494 e. The Kier molecular flexibility index (Phi) is 5.42. The number of hydrogen-bond donors (Lipinski definition) is 1. The van der Waals surface area contributed by atoms with Gasteiger partial charge < -0.3 is 10.1 Å². The Bertz CT molecular complexity index is 265. The topological polar surface area (TPSA) is 21.3 Å². The molecule has 0 aliphatic carbocycles. The van der Waals surface area contributed by atoms with Gasteiger partial charge in [-0.2, -0.15) is 0 Å². The van der Waals surface area contributed by atoms with Crippen LogP contribution in [0.4, 0.5) is 5.69 Å². The highest BCUT2D eigenvalue weighted by Crippen LogP contribution is 2.16. The zero-order valence-corrected chi connectivity index (χ0v) is 9.18. The molecule has 14 heavy (non-hydrogen) atoms. The molecule has 0 bridgehead atoms. The van der Waals surface area contributed by atoms with Crippen LogP contribution in [-0.2, 0) is 10.6 Å². The Balaban J connectivity index is 2.41. The first kappa shape index (κ1) is 11.3. The Morgan fingerprint density at radius 2 is 2.14 bits per heavy atom. The van der Waals surface area contributed by atoms with Gasteiger partial charge in [-0.15, -0.1) is 11.6 Å². The molecule has 0 fully saturated rings. The predicted octanol–water partition coefficient (Wildman–Crippen LogP) is 2.87. The lowest BCUT2D eigenvalue weighted by Gasteiger charge is -2.09. The van der Waals surface area contributed by atoms with Gasteiger partial charge in [0.05, 0.1) is 0 Å². The molecule has 1 aromatic carbocycles. The summed E-state index contributed by atoms with van der Waals surface area (Å²) in [7, 11) is 1.71. The Morgan fingerprint density at radius 1 is 1.36 bits per heavy atom. The number of ether oxygens (including phenoxy) is 1. The molecule has 1 N–H and O–H groups in total. The van der Waals surface area contributed by atoms with E-state index in [2.05, 4.69) is 5.32 Å². The maximum Gasteiger partial charge on any atom is 0.0494 e. The van der Waals surface area contributed by atoms with Crippen LogP contribution in [-0.4, -0.2) is 20.3 Å². The number of halogens is 1. The number of rotatable bonds is 6. The monoisotopic (exact) mass is 213 g/mol. The quantitative estimate of drug-likeness (QED) is 0.580. The minimum Gasteiger partial charge on any atom is -0.385 e. The van der Waals surface area contributed by atoms with Gasteiger partial charge in [0.1, 0.15) is 0 Å². The summed E-state index contributed by atoms with van der Waals surface area (Å²) in [6.45, 7) is 1.71. The second kappa shape index (κ2) is 6.68. The third kappa shape index (κ3) is 3.56. The molecule has 0 saturated carbocycles. The fourth-order valence-electron chi connectivity index (χ4n) is 1.25. The molecule has 1 aromatic rings. The van der Waals surface area contributed by atoms with Crippen molar-refractivity contribution in [1.29, 1.82) is 0 Å². The zero-order valence-electron chi connectivity index (χ0n) is 8.42. The number of para-hydroxylation sites is 1. The molecule has 0 amide bonds. The van der Waals surface area contributed by atoms with Crippen LogP contribution in [0.3, 0.4) is 0 Å². The lowest BCUT2D eigenvalue weighted by Crippen LogP contribution is -2.05. The van der Waals surface area contributed by atoms with Gasteiger partial charge in [0.15, 0.2) is 0 Å². The van der Waals surface area contributed by atoms with E-state index in [0.717, 1.165) is 30.8 Å². The van der Waals surface area contributed by atoms with Crippen LogP contribution in [0.25, 0.3) is 0 Å². The number of anilines is 1. The average molecular weight is 214 g/mol. The van der Waals surface area contributed by atoms with Crippen LogP contribution in [0, 0.1) is 0 Å². The van der Waals surface area contributed by atoms with Crippen molar-refractivity contribution in [2.75, 3.05) is 25.6 Å². The minimum absolute atomic E-state index is 0.549. The molecule has 0 aliphatic rings. The molecule has 0 spiro atoms. The molecule has 0 saturated heterocycles. The third-order valence-corrected chi connectivity index (χ3v) is 2.29. The lowest BCUT2D eigenvalue weighted by molar-refractivity contribution is 0.198. The normalized spacial score (nSPS) is 10.1. The molecule has 0 aliphatic heterocycles. The van der Waals surface area contributed by atoms with Gasteiger partial charge in [-0.05, 0) is 18.1 Å². The summed E-state index contributed by atoms with van der Waals surface area (Å²) >= 11 is 5.81. The van der Waals surface area contributed by atoms with E-state index in [0.29, 0.717) is 5.88 Å². The van der Waals surface area contributed by atoms with E-state index in [-0.39, 0.29) is 0 Å². The summed E-state index contributed by atoms with van der Waals surface area (Å²) in [6, 6.07) is 8.09. The first-order valence-corrected chi connectivity index (χ1v) is 5.28. The van der Waals surface area contributed by atoms with Crippen LogP contribution >= 0.6 is 11.6 Å². The third-order valence-electron chi connectivity index (χ3n) is 2.00. The van der Waals surface area contributed by atoms with Crippen LogP contribution in [0.5, 0.6) is 0 Å². The molecule has 1 rings (SSSR count). The number of benzene rings is 1. The maximum atomic E-state index is 5.81. The molecular formula is C11H16ClNO. The van der Waals surface area contributed by atoms with E-state index in [1.807, 2.05) is 24.3 Å². The van der Waals surface area contributed by atoms with Crippen molar-refractivity contribution in [3.63, 3.8) is 0 Å². The zero-order chi connectivity index (χ0) is 10.2. The molecule has 0 atom stereocenters. The second-order valence-electron chi connectivity index (χ2n) is 3.06. The highest BCUT2D eigenvalue weighted by molar-refractivity contribution is 6.17. The summed E-state index contributed by atoms with van der Waals surface area (Å²) in [5, 5.41) is 3.33. The van der Waals surface area contributed by atoms with Gasteiger partial charge in [-0.25, -0.2) is 0 Å². The molecule has 0 heterocycles. The summed E-state index contributed by atoms with van der Waals surface area (Å²) in [5.74, 6) is 0.549. The fraction of sp³-hybridized carbons (Fsp3) is 0.455. The second-order valence-corrected chi connectivity index (χ2v) is 3.33. The van der Waals surface area contributed by atoms with E-state index < -0.39 is 0 Å². The Hall–Kier alpha value is -0.730. The maximum absolute atomic E-state index is 5.81. The molecule has 2 nitrogen and oxygen atoms in total. The predicted molar refractivity (Wildman–Crippen MR) is 61.0 cm³/mol. The van der Waals surface area contributed by atoms with Gasteiger partial charge in [0.2, 0.25) is 0 Å². The highest BCUT2D eigenvalue weighted by Gasteiger charge is 1.98. The summed E-state index contributed by atoms with van der Waals surface area (Å²) in [5.41, 5.74) is 2.27. The van der Waals surface area contributed by atoms with Gasteiger partial charge in [-0.1, -0.05) is 18.2 Å². The minimum atomic E-state index is 0.549. The number of alkyl halides is 1. The average Bonchev–Trinajstić information content (AvgIpc) is 2.25.